The van der Waals surface area contributed by atoms with Crippen molar-refractivity contribution in [3.05, 3.63) is 16.1 Å². The minimum atomic E-state index is 0.0697. The van der Waals surface area contributed by atoms with Crippen molar-refractivity contribution in [1.29, 1.82) is 0 Å². The van der Waals surface area contributed by atoms with E-state index in [2.05, 4.69) is 11.9 Å². The summed E-state index contributed by atoms with van der Waals surface area (Å²) in [6.45, 7) is 3.41. The van der Waals surface area contributed by atoms with Crippen LogP contribution >= 0.6 is 11.3 Å². The molecule has 0 aromatic carbocycles. The molecule has 0 aliphatic carbocycles. The minimum Gasteiger partial charge on any atom is -0.334 e. The molecule has 1 unspecified atom stereocenters. The van der Waals surface area contributed by atoms with Gasteiger partial charge in [0.25, 0.3) is 5.91 Å². The Morgan fingerprint density at radius 1 is 1.75 bits per heavy atom. The summed E-state index contributed by atoms with van der Waals surface area (Å²) >= 11 is 1.46. The van der Waals surface area contributed by atoms with E-state index in [-0.39, 0.29) is 5.91 Å². The topological polar surface area (TPSA) is 59.2 Å². The number of amides is 1. The van der Waals surface area contributed by atoms with Gasteiger partial charge in [-0.05, 0) is 19.3 Å². The second kappa shape index (κ2) is 4.93. The van der Waals surface area contributed by atoms with Gasteiger partial charge >= 0.3 is 0 Å². The van der Waals surface area contributed by atoms with Crippen LogP contribution in [0, 0.1) is 0 Å². The molecular weight excluding hydrogens is 222 g/mol. The number of hydrogen-bond donors (Lipinski definition) is 1. The van der Waals surface area contributed by atoms with Crippen LogP contribution in [0.3, 0.4) is 0 Å². The van der Waals surface area contributed by atoms with Crippen LogP contribution in [0.25, 0.3) is 0 Å². The molecule has 2 heterocycles. The highest BCUT2D eigenvalue weighted by atomic mass is 32.1. The summed E-state index contributed by atoms with van der Waals surface area (Å²) in [6.07, 6.45) is 3.26. The predicted octanol–water partition coefficient (Wildman–Crippen LogP) is 1.62. The third-order valence-electron chi connectivity index (χ3n) is 3.05. The monoisotopic (exact) mass is 239 g/mol. The van der Waals surface area contributed by atoms with Crippen LogP contribution in [0.15, 0.2) is 5.38 Å². The normalized spacial score (nSPS) is 20.4. The van der Waals surface area contributed by atoms with Crippen LogP contribution in [-0.2, 0) is 6.54 Å². The van der Waals surface area contributed by atoms with Crippen LogP contribution in [-0.4, -0.2) is 28.4 Å². The van der Waals surface area contributed by atoms with Gasteiger partial charge in [0.2, 0.25) is 0 Å². The Kier molecular flexibility index (Phi) is 3.56. The second-order valence-corrected chi connectivity index (χ2v) is 4.98. The second-order valence-electron chi connectivity index (χ2n) is 4.03. The average Bonchev–Trinajstić information content (AvgIpc) is 2.96. The molecular formula is C11H17N3OS. The van der Waals surface area contributed by atoms with Gasteiger partial charge in [0.1, 0.15) is 10.7 Å². The number of carbonyl (C=O) groups excluding carboxylic acids is 1. The first-order chi connectivity index (χ1) is 7.76. The predicted molar refractivity (Wildman–Crippen MR) is 64.4 cm³/mol. The molecule has 1 amide bonds. The molecule has 0 saturated carbocycles. The lowest BCUT2D eigenvalue weighted by Crippen LogP contribution is -2.35. The SMILES string of the molecule is CCC1CCCN1C(=O)c1csc(CN)n1. The standard InChI is InChI=1S/C11H17N3OS/c1-2-8-4-3-5-14(8)11(15)9-7-16-10(6-12)13-9/h7-8H,2-6,12H2,1H3. The number of hydrogen-bond acceptors (Lipinski definition) is 4. The molecule has 1 atom stereocenters. The van der Waals surface area contributed by atoms with E-state index in [0.717, 1.165) is 30.8 Å². The van der Waals surface area contributed by atoms with Gasteiger partial charge in [-0.3, -0.25) is 4.79 Å². The minimum absolute atomic E-state index is 0.0697. The molecule has 1 fully saturated rings. The fourth-order valence-electron chi connectivity index (χ4n) is 2.18. The molecule has 5 heteroatoms. The Hall–Kier alpha value is -0.940. The van der Waals surface area contributed by atoms with Crippen LogP contribution in [0.5, 0.6) is 0 Å². The van der Waals surface area contributed by atoms with E-state index in [9.17, 15) is 4.79 Å². The number of carbonyl (C=O) groups is 1. The van der Waals surface area contributed by atoms with Crippen LogP contribution in [0.2, 0.25) is 0 Å². The van der Waals surface area contributed by atoms with Crippen LogP contribution in [0.4, 0.5) is 0 Å². The van der Waals surface area contributed by atoms with E-state index in [0.29, 0.717) is 18.3 Å². The highest BCUT2D eigenvalue weighted by molar-refractivity contribution is 7.09. The number of likely N-dealkylation sites (tertiary alicyclic amines) is 1. The highest BCUT2D eigenvalue weighted by Crippen LogP contribution is 2.22. The number of aromatic nitrogens is 1. The van der Waals surface area contributed by atoms with Crippen LogP contribution < -0.4 is 5.73 Å². The molecule has 88 valence electrons. The first-order valence-corrected chi connectivity index (χ1v) is 6.59. The van der Waals surface area contributed by atoms with Crippen molar-refractivity contribution in [1.82, 2.24) is 9.88 Å². The lowest BCUT2D eigenvalue weighted by atomic mass is 10.1. The van der Waals surface area contributed by atoms with Crippen molar-refractivity contribution < 1.29 is 4.79 Å². The largest absolute Gasteiger partial charge is 0.334 e. The Balaban J connectivity index is 2.12. The number of thiazole rings is 1. The Morgan fingerprint density at radius 2 is 2.56 bits per heavy atom. The molecule has 1 aliphatic heterocycles. The van der Waals surface area contributed by atoms with Crippen molar-refractivity contribution in [2.24, 2.45) is 5.73 Å². The third-order valence-corrected chi connectivity index (χ3v) is 3.93. The van der Waals surface area contributed by atoms with E-state index < -0.39 is 0 Å². The maximum atomic E-state index is 12.2. The Bertz CT molecular complexity index is 377. The van der Waals surface area contributed by atoms with Gasteiger partial charge in [0.15, 0.2) is 0 Å². The first kappa shape index (κ1) is 11.5. The Labute approximate surface area is 99.5 Å². The molecule has 1 saturated heterocycles. The number of nitrogens with two attached hydrogens (primary N) is 1. The summed E-state index contributed by atoms with van der Waals surface area (Å²) in [5.74, 6) is 0.0697. The van der Waals surface area contributed by atoms with E-state index in [1.54, 1.807) is 0 Å². The zero-order valence-electron chi connectivity index (χ0n) is 9.48. The van der Waals surface area contributed by atoms with Gasteiger partial charge in [0.05, 0.1) is 0 Å². The van der Waals surface area contributed by atoms with Crippen LogP contribution in [0.1, 0.15) is 41.7 Å². The molecule has 1 aliphatic rings. The lowest BCUT2D eigenvalue weighted by molar-refractivity contribution is 0.0728. The average molecular weight is 239 g/mol. The number of rotatable bonds is 3. The van der Waals surface area contributed by atoms with Gasteiger partial charge in [-0.1, -0.05) is 6.92 Å². The molecule has 0 bridgehead atoms. The van der Waals surface area contributed by atoms with Crippen molar-refractivity contribution in [3.8, 4) is 0 Å². The molecule has 0 spiro atoms. The molecule has 2 N–H and O–H groups in total. The maximum Gasteiger partial charge on any atom is 0.273 e. The fraction of sp³-hybridized carbons (Fsp3) is 0.636. The van der Waals surface area contributed by atoms with Gasteiger partial charge in [-0.2, -0.15) is 0 Å². The van der Waals surface area contributed by atoms with Crippen molar-refractivity contribution in [2.75, 3.05) is 6.54 Å². The molecule has 2 rings (SSSR count). The van der Waals surface area contributed by atoms with Crippen molar-refractivity contribution in [3.63, 3.8) is 0 Å². The van der Waals surface area contributed by atoms with Gasteiger partial charge in [-0.15, -0.1) is 11.3 Å². The van der Waals surface area contributed by atoms with Crippen molar-refractivity contribution >= 4 is 17.2 Å². The van der Waals surface area contributed by atoms with E-state index in [4.69, 9.17) is 5.73 Å². The quantitative estimate of drug-likeness (QED) is 0.872. The lowest BCUT2D eigenvalue weighted by Gasteiger charge is -2.22. The van der Waals surface area contributed by atoms with E-state index in [1.165, 1.54) is 11.3 Å². The summed E-state index contributed by atoms with van der Waals surface area (Å²) in [6, 6.07) is 0.399. The molecule has 0 radical (unpaired) electrons. The van der Waals surface area contributed by atoms with Gasteiger partial charge in [0, 0.05) is 24.5 Å². The summed E-state index contributed by atoms with van der Waals surface area (Å²) in [5.41, 5.74) is 6.05. The molecule has 1 aromatic rings. The molecule has 16 heavy (non-hydrogen) atoms. The maximum absolute atomic E-state index is 12.2. The number of nitrogens with zero attached hydrogens (tertiary/aromatic N) is 2. The van der Waals surface area contributed by atoms with Crippen molar-refractivity contribution in [2.45, 2.75) is 38.8 Å². The Morgan fingerprint density at radius 3 is 3.19 bits per heavy atom. The summed E-state index contributed by atoms with van der Waals surface area (Å²) in [4.78, 5) is 18.4. The smallest absolute Gasteiger partial charge is 0.273 e. The first-order valence-electron chi connectivity index (χ1n) is 5.71. The molecule has 4 nitrogen and oxygen atoms in total. The van der Waals surface area contributed by atoms with Gasteiger partial charge < -0.3 is 10.6 Å². The fourth-order valence-corrected chi connectivity index (χ4v) is 2.83. The zero-order valence-corrected chi connectivity index (χ0v) is 10.3. The van der Waals surface area contributed by atoms with E-state index >= 15 is 0 Å². The highest BCUT2D eigenvalue weighted by Gasteiger charge is 2.29. The van der Waals surface area contributed by atoms with Gasteiger partial charge in [-0.25, -0.2) is 4.98 Å². The van der Waals surface area contributed by atoms with E-state index in [1.807, 2.05) is 10.3 Å². The zero-order chi connectivity index (χ0) is 11.5. The molecule has 1 aromatic heterocycles. The summed E-state index contributed by atoms with van der Waals surface area (Å²) in [5, 5.41) is 2.64. The summed E-state index contributed by atoms with van der Waals surface area (Å²) in [7, 11) is 0. The third kappa shape index (κ3) is 2.10. The summed E-state index contributed by atoms with van der Waals surface area (Å²) < 4.78 is 0.